The third-order valence-electron chi connectivity index (χ3n) is 8.96. The van der Waals surface area contributed by atoms with Crippen LogP contribution in [0.4, 0.5) is 10.5 Å². The summed E-state index contributed by atoms with van der Waals surface area (Å²) >= 11 is 6.44. The van der Waals surface area contributed by atoms with Crippen LogP contribution in [-0.4, -0.2) is 65.4 Å². The quantitative estimate of drug-likeness (QED) is 0.0410. The molecule has 2 atom stereocenters. The largest absolute Gasteiger partial charge is 0.462 e. The number of rotatable bonds is 20. The van der Waals surface area contributed by atoms with Crippen LogP contribution in [0.2, 0.25) is 5.02 Å². The zero-order valence-electron chi connectivity index (χ0n) is 29.7. The van der Waals surface area contributed by atoms with Crippen molar-refractivity contribution in [3.8, 4) is 0 Å². The summed E-state index contributed by atoms with van der Waals surface area (Å²) in [6, 6.07) is 17.0. The molecule has 0 spiro atoms. The second-order valence-electron chi connectivity index (χ2n) is 12.8. The van der Waals surface area contributed by atoms with E-state index in [0.717, 1.165) is 24.8 Å². The summed E-state index contributed by atoms with van der Waals surface area (Å²) in [7, 11) is 1.27. The molecule has 1 heterocycles. The number of halogens is 1. The normalized spacial score (nSPS) is 14.9. The van der Waals surface area contributed by atoms with Gasteiger partial charge in [0.2, 0.25) is 6.23 Å². The van der Waals surface area contributed by atoms with E-state index >= 15 is 0 Å². The smallest absolute Gasteiger partial charge is 0.338 e. The van der Waals surface area contributed by atoms with Crippen LogP contribution in [0.5, 0.6) is 0 Å². The Morgan fingerprint density at radius 3 is 2.12 bits per heavy atom. The Morgan fingerprint density at radius 1 is 0.843 bits per heavy atom. The molecule has 4 amide bonds. The van der Waals surface area contributed by atoms with E-state index in [1.165, 1.54) is 81.2 Å². The molecule has 1 N–H and O–H groups in total. The van der Waals surface area contributed by atoms with Crippen molar-refractivity contribution in [2.75, 3.05) is 19.0 Å². The van der Waals surface area contributed by atoms with Crippen molar-refractivity contribution in [3.63, 3.8) is 0 Å². The number of carbonyl (C=O) groups is 5. The predicted molar refractivity (Wildman–Crippen MR) is 197 cm³/mol. The number of nitrogens with one attached hydrogen (secondary N) is 1. The van der Waals surface area contributed by atoms with E-state index in [2.05, 4.69) is 12.2 Å². The van der Waals surface area contributed by atoms with Gasteiger partial charge in [-0.25, -0.2) is 14.5 Å². The van der Waals surface area contributed by atoms with Crippen LogP contribution in [0.3, 0.4) is 0 Å². The lowest BCUT2D eigenvalue weighted by Gasteiger charge is -2.25. The first kappa shape index (κ1) is 39.2. The van der Waals surface area contributed by atoms with Crippen molar-refractivity contribution in [2.24, 2.45) is 0 Å². The minimum atomic E-state index is -1.91. The van der Waals surface area contributed by atoms with Gasteiger partial charge in [0.1, 0.15) is 0 Å². The first-order chi connectivity index (χ1) is 24.7. The summed E-state index contributed by atoms with van der Waals surface area (Å²) in [5, 5.41) is 2.68. The molecule has 10 nitrogen and oxygen atoms in total. The Hall–Kier alpha value is -4.54. The minimum absolute atomic E-state index is 0.00241. The van der Waals surface area contributed by atoms with E-state index in [9.17, 15) is 24.0 Å². The van der Waals surface area contributed by atoms with Gasteiger partial charge in [0.25, 0.3) is 11.8 Å². The number of hydrogen-bond donors (Lipinski definition) is 1. The van der Waals surface area contributed by atoms with Crippen molar-refractivity contribution >= 4 is 46.9 Å². The fraction of sp³-hybridized carbons (Fsp3) is 0.425. The number of anilines is 1. The number of amides is 4. The van der Waals surface area contributed by atoms with Crippen LogP contribution < -0.4 is 5.32 Å². The summed E-state index contributed by atoms with van der Waals surface area (Å²) in [5.74, 6) is -3.21. The van der Waals surface area contributed by atoms with Gasteiger partial charge < -0.3 is 14.8 Å². The van der Waals surface area contributed by atoms with E-state index in [0.29, 0.717) is 10.5 Å². The van der Waals surface area contributed by atoms with Crippen LogP contribution in [-0.2, 0) is 25.6 Å². The van der Waals surface area contributed by atoms with Crippen molar-refractivity contribution in [2.45, 2.75) is 96.9 Å². The maximum atomic E-state index is 14.1. The molecule has 3 aromatic rings. The fourth-order valence-corrected chi connectivity index (χ4v) is 6.28. The second-order valence-corrected chi connectivity index (χ2v) is 13.2. The average Bonchev–Trinajstić information content (AvgIpc) is 3.35. The summed E-state index contributed by atoms with van der Waals surface area (Å²) in [4.78, 5) is 70.6. The molecule has 51 heavy (non-hydrogen) atoms. The molecule has 0 aliphatic carbocycles. The molecule has 1 fully saturated rings. The van der Waals surface area contributed by atoms with Gasteiger partial charge >= 0.3 is 12.0 Å². The summed E-state index contributed by atoms with van der Waals surface area (Å²) in [6.07, 6.45) is 10.2. The van der Waals surface area contributed by atoms with E-state index in [-0.39, 0.29) is 35.0 Å². The maximum Gasteiger partial charge on any atom is 0.338 e. The fourth-order valence-electron chi connectivity index (χ4n) is 6.12. The number of ether oxygens (including phenoxy) is 2. The number of methoxy groups -OCH3 is 1. The highest BCUT2D eigenvalue weighted by atomic mass is 35.5. The van der Waals surface area contributed by atoms with Gasteiger partial charge in [-0.3, -0.25) is 19.3 Å². The Kier molecular flexibility index (Phi) is 15.2. The summed E-state index contributed by atoms with van der Waals surface area (Å²) in [6.45, 7) is 4.16. The third kappa shape index (κ3) is 10.5. The highest BCUT2D eigenvalue weighted by molar-refractivity contribution is 6.34. The lowest BCUT2D eigenvalue weighted by molar-refractivity contribution is -0.142. The monoisotopic (exact) mass is 717 g/mol. The molecular formula is C40H48ClN3O7. The van der Waals surface area contributed by atoms with E-state index in [1.54, 1.807) is 49.4 Å². The van der Waals surface area contributed by atoms with Crippen LogP contribution in [0.15, 0.2) is 72.8 Å². The number of imide groups is 1. The molecular weight excluding hydrogens is 670 g/mol. The first-order valence-electron chi connectivity index (χ1n) is 17.8. The number of benzene rings is 3. The zero-order chi connectivity index (χ0) is 36.8. The van der Waals surface area contributed by atoms with Crippen molar-refractivity contribution < 1.29 is 33.4 Å². The van der Waals surface area contributed by atoms with E-state index in [4.69, 9.17) is 21.1 Å². The Balaban J connectivity index is 1.47. The molecule has 11 heteroatoms. The number of ketones is 1. The first-order valence-corrected chi connectivity index (χ1v) is 18.1. The topological polar surface area (TPSA) is 122 Å². The molecule has 4 rings (SSSR count). The number of aryl methyl sites for hydroxylation is 1. The molecule has 2 unspecified atom stereocenters. The Morgan fingerprint density at radius 2 is 1.47 bits per heavy atom. The van der Waals surface area contributed by atoms with Gasteiger partial charge in [0.15, 0.2) is 11.8 Å². The molecule has 3 aromatic carbocycles. The molecule has 0 radical (unpaired) electrons. The van der Waals surface area contributed by atoms with Gasteiger partial charge in [-0.2, -0.15) is 0 Å². The van der Waals surface area contributed by atoms with E-state index in [1.807, 2.05) is 6.07 Å². The molecule has 0 aromatic heterocycles. The van der Waals surface area contributed by atoms with Crippen LogP contribution >= 0.6 is 11.6 Å². The van der Waals surface area contributed by atoms with Gasteiger partial charge in [-0.15, -0.1) is 0 Å². The lowest BCUT2D eigenvalue weighted by Crippen LogP contribution is -2.52. The van der Waals surface area contributed by atoms with Gasteiger partial charge in [-0.05, 0) is 42.7 Å². The molecule has 0 saturated carbocycles. The standard InChI is InChI=1S/C40H48ClN3O7/c1-4-5-6-7-8-9-10-11-12-18-25-51-39(48)30-23-24-32(41)33(26-30)42-36(46)34(35(45)31-22-17-16-19-28(31)2)44-37(47)38(50-3)43(40(44)49)27-29-20-14-13-15-21-29/h13-17,19-24,26,34,38H,4-12,18,25,27H2,1-3H3,(H,42,46). The molecule has 1 saturated heterocycles. The molecule has 0 bridgehead atoms. The molecule has 1 aliphatic rings. The Bertz CT molecular complexity index is 1660. The summed E-state index contributed by atoms with van der Waals surface area (Å²) in [5.41, 5.74) is 1.59. The average molecular weight is 718 g/mol. The van der Waals surface area contributed by atoms with Gasteiger partial charge in [-0.1, -0.05) is 131 Å². The van der Waals surface area contributed by atoms with Gasteiger partial charge in [0.05, 0.1) is 29.4 Å². The van der Waals surface area contributed by atoms with Crippen molar-refractivity contribution in [1.82, 2.24) is 9.80 Å². The van der Waals surface area contributed by atoms with Crippen molar-refractivity contribution in [3.05, 3.63) is 100 Å². The van der Waals surface area contributed by atoms with Crippen molar-refractivity contribution in [1.29, 1.82) is 0 Å². The SMILES string of the molecule is CCCCCCCCCCCCOC(=O)c1ccc(Cl)c(NC(=O)C(C(=O)c2ccccc2C)N2C(=O)C(OC)N(Cc3ccccc3)C2=O)c1. The number of unbranched alkanes of at least 4 members (excludes halogenated alkanes) is 9. The van der Waals surface area contributed by atoms with Gasteiger partial charge in [0, 0.05) is 12.7 Å². The number of Topliss-reactive ketones (excluding diaryl/α,β-unsaturated/α-hetero) is 1. The highest BCUT2D eigenvalue weighted by Crippen LogP contribution is 2.29. The molecule has 272 valence electrons. The minimum Gasteiger partial charge on any atom is -0.462 e. The number of esters is 1. The maximum absolute atomic E-state index is 14.1. The van der Waals surface area contributed by atoms with Crippen LogP contribution in [0, 0.1) is 6.92 Å². The van der Waals surface area contributed by atoms with E-state index < -0.39 is 41.9 Å². The zero-order valence-corrected chi connectivity index (χ0v) is 30.5. The number of hydrogen-bond acceptors (Lipinski definition) is 7. The Labute approximate surface area is 305 Å². The number of carbonyl (C=O) groups excluding carboxylic acids is 5. The summed E-state index contributed by atoms with van der Waals surface area (Å²) < 4.78 is 10.9. The second kappa shape index (κ2) is 19.7. The number of urea groups is 1. The van der Waals surface area contributed by atoms with Crippen LogP contribution in [0.25, 0.3) is 0 Å². The number of nitrogens with zero attached hydrogens (tertiary/aromatic N) is 2. The predicted octanol–water partition coefficient (Wildman–Crippen LogP) is 8.35. The third-order valence-corrected chi connectivity index (χ3v) is 9.29. The molecule has 1 aliphatic heterocycles. The van der Waals surface area contributed by atoms with Crippen LogP contribution in [0.1, 0.15) is 103 Å². The lowest BCUT2D eigenvalue weighted by atomic mass is 9.98. The highest BCUT2D eigenvalue weighted by Gasteiger charge is 2.52.